The van der Waals surface area contributed by atoms with Crippen molar-refractivity contribution in [2.75, 3.05) is 0 Å². The molecular weight excluding hydrogens is 227 g/mol. The molecule has 1 aliphatic carbocycles. The van der Waals surface area contributed by atoms with E-state index >= 15 is 0 Å². The molecule has 0 aliphatic heterocycles. The number of aryl methyl sites for hydroxylation is 1. The van der Waals surface area contributed by atoms with E-state index in [4.69, 9.17) is 0 Å². The third kappa shape index (κ3) is 2.92. The number of aliphatic hydroxyl groups is 1. The van der Waals surface area contributed by atoms with Gasteiger partial charge in [0.15, 0.2) is 0 Å². The molecule has 1 aromatic rings. The van der Waals surface area contributed by atoms with Gasteiger partial charge in [0.1, 0.15) is 5.82 Å². The lowest BCUT2D eigenvalue weighted by Crippen LogP contribution is -2.25. The van der Waals surface area contributed by atoms with Crippen LogP contribution in [0.25, 0.3) is 0 Å². The quantitative estimate of drug-likeness (QED) is 0.825. The molecule has 2 rings (SSSR count). The van der Waals surface area contributed by atoms with Crippen molar-refractivity contribution in [1.29, 1.82) is 0 Å². The highest BCUT2D eigenvalue weighted by Gasteiger charge is 2.31. The molecule has 0 spiro atoms. The number of rotatable bonds is 2. The second-order valence-corrected chi connectivity index (χ2v) is 6.46. The molecule has 2 heteroatoms. The molecule has 1 saturated carbocycles. The summed E-state index contributed by atoms with van der Waals surface area (Å²) in [4.78, 5) is 0. The molecule has 0 radical (unpaired) electrons. The van der Waals surface area contributed by atoms with E-state index in [0.29, 0.717) is 16.9 Å². The molecule has 0 bridgehead atoms. The van der Waals surface area contributed by atoms with Crippen LogP contribution in [-0.4, -0.2) is 5.11 Å². The van der Waals surface area contributed by atoms with Gasteiger partial charge in [0.25, 0.3) is 0 Å². The fraction of sp³-hybridized carbons (Fsp3) is 0.625. The van der Waals surface area contributed by atoms with Gasteiger partial charge in [0, 0.05) is 0 Å². The first-order valence-corrected chi connectivity index (χ1v) is 6.83. The Morgan fingerprint density at radius 1 is 1.28 bits per heavy atom. The minimum atomic E-state index is -0.444. The van der Waals surface area contributed by atoms with Gasteiger partial charge in [-0.2, -0.15) is 0 Å². The zero-order valence-electron chi connectivity index (χ0n) is 11.5. The van der Waals surface area contributed by atoms with Crippen LogP contribution in [0, 0.1) is 24.1 Å². The maximum Gasteiger partial charge on any atom is 0.126 e. The SMILES string of the molecule is Cc1cc(C(O)C2CCC(C)(C)CC2)ccc1F. The Bertz CT molecular complexity index is 415. The summed E-state index contributed by atoms with van der Waals surface area (Å²) < 4.78 is 13.2. The van der Waals surface area contributed by atoms with Crippen molar-refractivity contribution < 1.29 is 9.50 Å². The molecule has 0 saturated heterocycles. The molecule has 1 nitrogen and oxygen atoms in total. The number of hydrogen-bond acceptors (Lipinski definition) is 1. The molecule has 1 fully saturated rings. The molecule has 0 amide bonds. The Hall–Kier alpha value is -0.890. The summed E-state index contributed by atoms with van der Waals surface area (Å²) in [5.41, 5.74) is 1.89. The first-order chi connectivity index (χ1) is 8.39. The highest BCUT2D eigenvalue weighted by molar-refractivity contribution is 5.26. The van der Waals surface area contributed by atoms with Crippen molar-refractivity contribution >= 4 is 0 Å². The summed E-state index contributed by atoms with van der Waals surface area (Å²) in [6.07, 6.45) is 4.00. The average molecular weight is 250 g/mol. The summed E-state index contributed by atoms with van der Waals surface area (Å²) in [5, 5.41) is 10.4. The minimum absolute atomic E-state index is 0.198. The van der Waals surface area contributed by atoms with Crippen LogP contribution in [-0.2, 0) is 0 Å². The van der Waals surface area contributed by atoms with Crippen molar-refractivity contribution in [3.63, 3.8) is 0 Å². The number of aliphatic hydroxyl groups excluding tert-OH is 1. The minimum Gasteiger partial charge on any atom is -0.388 e. The fourth-order valence-corrected chi connectivity index (χ4v) is 2.86. The van der Waals surface area contributed by atoms with Crippen LogP contribution in [0.4, 0.5) is 4.39 Å². The number of benzene rings is 1. The van der Waals surface area contributed by atoms with Crippen LogP contribution in [0.3, 0.4) is 0 Å². The predicted molar refractivity (Wildman–Crippen MR) is 71.8 cm³/mol. The van der Waals surface area contributed by atoms with E-state index in [0.717, 1.165) is 31.2 Å². The summed E-state index contributed by atoms with van der Waals surface area (Å²) in [5.74, 6) is 0.124. The Balaban J connectivity index is 2.07. The highest BCUT2D eigenvalue weighted by atomic mass is 19.1. The maximum atomic E-state index is 13.2. The standard InChI is InChI=1S/C16H23FO/c1-11-10-13(4-5-14(11)17)15(18)12-6-8-16(2,3)9-7-12/h4-5,10,12,15,18H,6-9H2,1-3H3. The van der Waals surface area contributed by atoms with Gasteiger partial charge < -0.3 is 5.11 Å². The molecule has 0 aromatic heterocycles. The molecule has 1 atom stereocenters. The third-order valence-electron chi connectivity index (χ3n) is 4.35. The lowest BCUT2D eigenvalue weighted by molar-refractivity contribution is 0.0566. The number of halogens is 1. The molecule has 0 heterocycles. The summed E-state index contributed by atoms with van der Waals surface area (Å²) in [6.45, 7) is 6.32. The van der Waals surface area contributed by atoms with Gasteiger partial charge in [-0.3, -0.25) is 0 Å². The monoisotopic (exact) mass is 250 g/mol. The summed E-state index contributed by atoms with van der Waals surface area (Å²) in [6, 6.07) is 4.95. The molecular formula is C16H23FO. The Kier molecular flexibility index (Phi) is 3.76. The van der Waals surface area contributed by atoms with E-state index in [2.05, 4.69) is 13.8 Å². The van der Waals surface area contributed by atoms with Crippen LogP contribution in [0.2, 0.25) is 0 Å². The van der Waals surface area contributed by atoms with E-state index in [1.807, 2.05) is 0 Å². The zero-order chi connectivity index (χ0) is 13.3. The second-order valence-electron chi connectivity index (χ2n) is 6.46. The molecule has 100 valence electrons. The maximum absolute atomic E-state index is 13.2. The Morgan fingerprint density at radius 2 is 1.89 bits per heavy atom. The van der Waals surface area contributed by atoms with Crippen LogP contribution in [0.15, 0.2) is 18.2 Å². The summed E-state index contributed by atoms with van der Waals surface area (Å²) >= 11 is 0. The van der Waals surface area contributed by atoms with Gasteiger partial charge >= 0.3 is 0 Å². The van der Waals surface area contributed by atoms with Crippen LogP contribution in [0.1, 0.15) is 56.8 Å². The van der Waals surface area contributed by atoms with Gasteiger partial charge in [0.2, 0.25) is 0 Å². The molecule has 1 unspecified atom stereocenters. The van der Waals surface area contributed by atoms with Gasteiger partial charge in [-0.05, 0) is 61.1 Å². The zero-order valence-corrected chi connectivity index (χ0v) is 11.5. The average Bonchev–Trinajstić information content (AvgIpc) is 2.32. The van der Waals surface area contributed by atoms with Crippen LogP contribution in [0.5, 0.6) is 0 Å². The van der Waals surface area contributed by atoms with Crippen molar-refractivity contribution in [2.45, 2.75) is 52.6 Å². The van der Waals surface area contributed by atoms with Crippen LogP contribution >= 0.6 is 0 Å². The largest absolute Gasteiger partial charge is 0.388 e. The molecule has 1 aromatic carbocycles. The van der Waals surface area contributed by atoms with Crippen molar-refractivity contribution in [3.8, 4) is 0 Å². The van der Waals surface area contributed by atoms with Gasteiger partial charge in [0.05, 0.1) is 6.10 Å². The van der Waals surface area contributed by atoms with Crippen molar-refractivity contribution in [1.82, 2.24) is 0 Å². The van der Waals surface area contributed by atoms with Gasteiger partial charge in [-0.15, -0.1) is 0 Å². The van der Waals surface area contributed by atoms with Crippen LogP contribution < -0.4 is 0 Å². The lowest BCUT2D eigenvalue weighted by atomic mass is 9.71. The van der Waals surface area contributed by atoms with Crippen molar-refractivity contribution in [3.05, 3.63) is 35.1 Å². The Labute approximate surface area is 109 Å². The third-order valence-corrected chi connectivity index (χ3v) is 4.35. The van der Waals surface area contributed by atoms with Gasteiger partial charge in [-0.25, -0.2) is 4.39 Å². The van der Waals surface area contributed by atoms with E-state index in [1.54, 1.807) is 19.1 Å². The number of hydrogen-bond donors (Lipinski definition) is 1. The predicted octanol–water partition coefficient (Wildman–Crippen LogP) is 4.38. The normalized spacial score (nSPS) is 21.8. The first-order valence-electron chi connectivity index (χ1n) is 6.83. The fourth-order valence-electron chi connectivity index (χ4n) is 2.86. The smallest absolute Gasteiger partial charge is 0.126 e. The summed E-state index contributed by atoms with van der Waals surface area (Å²) in [7, 11) is 0. The molecule has 1 N–H and O–H groups in total. The Morgan fingerprint density at radius 3 is 2.44 bits per heavy atom. The van der Waals surface area contributed by atoms with E-state index in [-0.39, 0.29) is 5.82 Å². The van der Waals surface area contributed by atoms with E-state index < -0.39 is 6.10 Å². The van der Waals surface area contributed by atoms with Crippen molar-refractivity contribution in [2.24, 2.45) is 11.3 Å². The first kappa shape index (κ1) is 13.5. The molecule has 1 aliphatic rings. The highest BCUT2D eigenvalue weighted by Crippen LogP contribution is 2.42. The second kappa shape index (κ2) is 5.00. The van der Waals surface area contributed by atoms with E-state index in [9.17, 15) is 9.50 Å². The van der Waals surface area contributed by atoms with Gasteiger partial charge in [-0.1, -0.05) is 26.0 Å². The topological polar surface area (TPSA) is 20.2 Å². The lowest BCUT2D eigenvalue weighted by Gasteiger charge is -2.36. The molecule has 18 heavy (non-hydrogen) atoms. The van der Waals surface area contributed by atoms with E-state index in [1.165, 1.54) is 6.07 Å².